The molecule has 0 fully saturated rings. The Hall–Kier alpha value is -1.92. The maximum Gasteiger partial charge on any atom is 0.239 e. The largest absolute Gasteiger partial charge is 0.496 e. The molecule has 0 aliphatic rings. The van der Waals surface area contributed by atoms with Gasteiger partial charge in [-0.05, 0) is 30.7 Å². The minimum absolute atomic E-state index is 0.0451. The molecule has 0 spiro atoms. The first-order chi connectivity index (χ1) is 9.13. The number of hydrogen-bond acceptors (Lipinski definition) is 5. The first-order valence-electron chi connectivity index (χ1n) is 5.74. The molecule has 5 nitrogen and oxygen atoms in total. The first kappa shape index (κ1) is 13.5. The van der Waals surface area contributed by atoms with Gasteiger partial charge in [-0.3, -0.25) is 4.79 Å². The van der Waals surface area contributed by atoms with Crippen LogP contribution < -0.4 is 15.8 Å². The minimum Gasteiger partial charge on any atom is -0.496 e. The van der Waals surface area contributed by atoms with Crippen LogP contribution in [0.25, 0.3) is 11.3 Å². The highest BCUT2D eigenvalue weighted by atomic mass is 32.1. The van der Waals surface area contributed by atoms with E-state index in [1.807, 2.05) is 30.5 Å². The van der Waals surface area contributed by atoms with Crippen molar-refractivity contribution in [2.75, 3.05) is 19.0 Å². The summed E-state index contributed by atoms with van der Waals surface area (Å²) in [5.74, 6) is 0.599. The molecule has 0 aliphatic carbocycles. The van der Waals surface area contributed by atoms with Crippen LogP contribution in [0.2, 0.25) is 0 Å². The Morgan fingerprint density at radius 3 is 2.95 bits per heavy atom. The third-order valence-corrected chi connectivity index (χ3v) is 3.38. The lowest BCUT2D eigenvalue weighted by molar-refractivity contribution is -0.114. The fourth-order valence-corrected chi connectivity index (χ4v) is 2.41. The van der Waals surface area contributed by atoms with Crippen LogP contribution in [-0.2, 0) is 4.79 Å². The van der Waals surface area contributed by atoms with Gasteiger partial charge in [0.15, 0.2) is 5.13 Å². The van der Waals surface area contributed by atoms with Gasteiger partial charge in [-0.15, -0.1) is 11.3 Å². The van der Waals surface area contributed by atoms with E-state index >= 15 is 0 Å². The number of thiazole rings is 1. The van der Waals surface area contributed by atoms with E-state index < -0.39 is 0 Å². The number of ether oxygens (including phenoxy) is 1. The van der Waals surface area contributed by atoms with E-state index in [1.54, 1.807) is 7.11 Å². The van der Waals surface area contributed by atoms with Crippen molar-refractivity contribution in [3.05, 3.63) is 29.1 Å². The number of nitrogens with zero attached hydrogens (tertiary/aromatic N) is 1. The number of nitrogens with two attached hydrogens (primary N) is 1. The van der Waals surface area contributed by atoms with E-state index in [0.29, 0.717) is 5.13 Å². The van der Waals surface area contributed by atoms with E-state index in [2.05, 4.69) is 10.3 Å². The molecule has 1 aromatic carbocycles. The van der Waals surface area contributed by atoms with Crippen LogP contribution in [0, 0.1) is 6.92 Å². The van der Waals surface area contributed by atoms with Gasteiger partial charge in [-0.1, -0.05) is 0 Å². The maximum atomic E-state index is 11.2. The van der Waals surface area contributed by atoms with Gasteiger partial charge < -0.3 is 15.8 Å². The molecule has 6 heteroatoms. The summed E-state index contributed by atoms with van der Waals surface area (Å²) in [6.45, 7) is 1.93. The summed E-state index contributed by atoms with van der Waals surface area (Å²) in [6, 6.07) is 5.85. The molecule has 2 rings (SSSR count). The molecule has 0 bridgehead atoms. The van der Waals surface area contributed by atoms with Gasteiger partial charge in [0, 0.05) is 10.9 Å². The summed E-state index contributed by atoms with van der Waals surface area (Å²) in [5, 5.41) is 5.09. The average Bonchev–Trinajstić information content (AvgIpc) is 2.87. The standard InChI is InChI=1S/C13H15N3O2S/c1-8-5-9(3-4-11(8)18-2)10-7-19-13(15-10)16-12(17)6-14/h3-5,7H,6,14H2,1-2H3,(H,15,16,17). The Morgan fingerprint density at radius 2 is 2.32 bits per heavy atom. The molecule has 0 saturated heterocycles. The van der Waals surface area contributed by atoms with Gasteiger partial charge in [-0.25, -0.2) is 4.98 Å². The number of amides is 1. The van der Waals surface area contributed by atoms with Crippen molar-refractivity contribution in [1.29, 1.82) is 0 Å². The number of rotatable bonds is 4. The van der Waals surface area contributed by atoms with Gasteiger partial charge in [0.2, 0.25) is 5.91 Å². The number of benzene rings is 1. The van der Waals surface area contributed by atoms with Crippen molar-refractivity contribution < 1.29 is 9.53 Å². The minimum atomic E-state index is -0.244. The van der Waals surface area contributed by atoms with Crippen LogP contribution in [-0.4, -0.2) is 24.5 Å². The molecule has 0 radical (unpaired) electrons. The van der Waals surface area contributed by atoms with Crippen LogP contribution >= 0.6 is 11.3 Å². The second-order valence-electron chi connectivity index (χ2n) is 3.97. The summed E-state index contributed by atoms with van der Waals surface area (Å²) in [5.41, 5.74) is 8.09. The summed E-state index contributed by atoms with van der Waals surface area (Å²) < 4.78 is 5.22. The van der Waals surface area contributed by atoms with Crippen molar-refractivity contribution in [1.82, 2.24) is 4.98 Å². The molecular formula is C13H15N3O2S. The Kier molecular flexibility index (Phi) is 4.13. The third-order valence-electron chi connectivity index (χ3n) is 2.63. The molecule has 0 aliphatic heterocycles. The number of anilines is 1. The van der Waals surface area contributed by atoms with Crippen LogP contribution in [0.1, 0.15) is 5.56 Å². The van der Waals surface area contributed by atoms with Crippen LogP contribution in [0.4, 0.5) is 5.13 Å². The number of carbonyl (C=O) groups excluding carboxylic acids is 1. The lowest BCUT2D eigenvalue weighted by Gasteiger charge is -2.05. The predicted molar refractivity (Wildman–Crippen MR) is 76.5 cm³/mol. The summed E-state index contributed by atoms with van der Waals surface area (Å²) in [7, 11) is 1.64. The van der Waals surface area contributed by atoms with E-state index in [9.17, 15) is 4.79 Å². The maximum absolute atomic E-state index is 11.2. The van der Waals surface area contributed by atoms with Crippen molar-refractivity contribution in [2.24, 2.45) is 5.73 Å². The topological polar surface area (TPSA) is 77.2 Å². The molecule has 100 valence electrons. The zero-order chi connectivity index (χ0) is 13.8. The fourth-order valence-electron chi connectivity index (χ4n) is 1.67. The molecule has 1 heterocycles. The van der Waals surface area contributed by atoms with Crippen molar-refractivity contribution in [2.45, 2.75) is 6.92 Å². The number of nitrogens with one attached hydrogen (secondary N) is 1. The fraction of sp³-hybridized carbons (Fsp3) is 0.231. The number of methoxy groups -OCH3 is 1. The quantitative estimate of drug-likeness (QED) is 0.896. The highest BCUT2D eigenvalue weighted by Gasteiger charge is 2.08. The molecule has 3 N–H and O–H groups in total. The highest BCUT2D eigenvalue weighted by Crippen LogP contribution is 2.28. The van der Waals surface area contributed by atoms with Gasteiger partial charge in [0.05, 0.1) is 19.3 Å². The third kappa shape index (κ3) is 3.10. The summed E-state index contributed by atoms with van der Waals surface area (Å²) in [6.07, 6.45) is 0. The van der Waals surface area contributed by atoms with Gasteiger partial charge in [-0.2, -0.15) is 0 Å². The molecule has 19 heavy (non-hydrogen) atoms. The lowest BCUT2D eigenvalue weighted by Crippen LogP contribution is -2.21. The van der Waals surface area contributed by atoms with Crippen LogP contribution in [0.3, 0.4) is 0 Å². The Bertz CT molecular complexity index is 595. The zero-order valence-electron chi connectivity index (χ0n) is 10.8. The number of carbonyl (C=O) groups is 1. The number of hydrogen-bond donors (Lipinski definition) is 2. The van der Waals surface area contributed by atoms with Crippen molar-refractivity contribution >= 4 is 22.4 Å². The summed E-state index contributed by atoms with van der Waals surface area (Å²) in [4.78, 5) is 15.5. The molecule has 0 atom stereocenters. The Labute approximate surface area is 115 Å². The van der Waals surface area contributed by atoms with Crippen LogP contribution in [0.5, 0.6) is 5.75 Å². The van der Waals surface area contributed by atoms with Crippen molar-refractivity contribution in [3.63, 3.8) is 0 Å². The highest BCUT2D eigenvalue weighted by molar-refractivity contribution is 7.14. The van der Waals surface area contributed by atoms with Gasteiger partial charge >= 0.3 is 0 Å². The van der Waals surface area contributed by atoms with Gasteiger partial charge in [0.1, 0.15) is 5.75 Å². The SMILES string of the molecule is COc1ccc(-c2csc(NC(=O)CN)n2)cc1C. The van der Waals surface area contributed by atoms with E-state index in [4.69, 9.17) is 10.5 Å². The lowest BCUT2D eigenvalue weighted by atomic mass is 10.1. The molecular weight excluding hydrogens is 262 g/mol. The van der Waals surface area contributed by atoms with E-state index in [0.717, 1.165) is 22.6 Å². The first-order valence-corrected chi connectivity index (χ1v) is 6.62. The average molecular weight is 277 g/mol. The molecule has 0 unspecified atom stereocenters. The van der Waals surface area contributed by atoms with Gasteiger partial charge in [0.25, 0.3) is 0 Å². The zero-order valence-corrected chi connectivity index (χ0v) is 11.6. The Balaban J connectivity index is 2.23. The predicted octanol–water partition coefficient (Wildman–Crippen LogP) is 2.02. The number of aromatic nitrogens is 1. The van der Waals surface area contributed by atoms with Crippen LogP contribution in [0.15, 0.2) is 23.6 Å². The van der Waals surface area contributed by atoms with Crippen molar-refractivity contribution in [3.8, 4) is 17.0 Å². The second-order valence-corrected chi connectivity index (χ2v) is 4.83. The van der Waals surface area contributed by atoms with E-state index in [-0.39, 0.29) is 12.5 Å². The Morgan fingerprint density at radius 1 is 1.53 bits per heavy atom. The normalized spacial score (nSPS) is 10.3. The molecule has 0 saturated carbocycles. The summed E-state index contributed by atoms with van der Waals surface area (Å²) >= 11 is 1.37. The second kappa shape index (κ2) is 5.81. The molecule has 2 aromatic rings. The number of aryl methyl sites for hydroxylation is 1. The molecule has 1 aromatic heterocycles. The monoisotopic (exact) mass is 277 g/mol. The smallest absolute Gasteiger partial charge is 0.239 e. The van der Waals surface area contributed by atoms with E-state index in [1.165, 1.54) is 11.3 Å². The molecule has 1 amide bonds.